The quantitative estimate of drug-likeness (QED) is 0.681. The molecule has 1 fully saturated rings. The zero-order valence-electron chi connectivity index (χ0n) is 13.2. The van der Waals surface area contributed by atoms with E-state index in [0.29, 0.717) is 0 Å². The van der Waals surface area contributed by atoms with Crippen LogP contribution in [-0.4, -0.2) is 25.1 Å². The molecule has 0 amide bonds. The van der Waals surface area contributed by atoms with Crippen LogP contribution in [0.1, 0.15) is 78.6 Å². The predicted octanol–water partition coefficient (Wildman–Crippen LogP) is 1.56. The molecule has 1 saturated heterocycles. The van der Waals surface area contributed by atoms with Crippen molar-refractivity contribution in [3.63, 3.8) is 0 Å². The molecule has 114 valence electrons. The van der Waals surface area contributed by atoms with Crippen molar-refractivity contribution in [2.75, 3.05) is 13.1 Å². The molecule has 2 atom stereocenters. The molecule has 0 aliphatic carbocycles. The van der Waals surface area contributed by atoms with Gasteiger partial charge in [0.2, 0.25) is 0 Å². The molecule has 1 rings (SSSR count). The molecule has 3 nitrogen and oxygen atoms in total. The van der Waals surface area contributed by atoms with Gasteiger partial charge >= 0.3 is 0 Å². The van der Waals surface area contributed by atoms with Crippen LogP contribution in [-0.2, 0) is 4.79 Å². The monoisotopic (exact) mass is 271 g/mol. The highest BCUT2D eigenvalue weighted by atomic mass is 16.4. The number of unbranched alkanes of at least 4 members (excludes halogenated alkanes) is 4. The average molecular weight is 271 g/mol. The van der Waals surface area contributed by atoms with E-state index < -0.39 is 5.97 Å². The highest BCUT2D eigenvalue weighted by Gasteiger charge is 2.26. The Labute approximate surface area is 119 Å². The summed E-state index contributed by atoms with van der Waals surface area (Å²) in [5, 5.41) is 8.89. The van der Waals surface area contributed by atoms with Gasteiger partial charge in [0.15, 0.2) is 0 Å². The molecule has 0 aromatic rings. The molecule has 0 radical (unpaired) electrons. The maximum atomic E-state index is 8.89. The number of carboxylic acid groups (broad SMARTS) is 1. The standard InChI is InChI=1S/C14H29N.C2H4O2/c1-3-5-7-8-12-15-13-9-11-14(15)10-6-4-2;1-2(3)4/h14H,3-13H2,1-2H3;1H3,(H,3,4). The molecule has 0 aromatic carbocycles. The van der Waals surface area contributed by atoms with E-state index in [-0.39, 0.29) is 0 Å². The predicted molar refractivity (Wildman–Crippen MR) is 78.1 cm³/mol. The molecule has 1 N–H and O–H groups in total. The van der Waals surface area contributed by atoms with Gasteiger partial charge in [-0.1, -0.05) is 33.1 Å². The highest BCUT2D eigenvalue weighted by Crippen LogP contribution is 2.08. The molecule has 0 aromatic heterocycles. The summed E-state index contributed by atoms with van der Waals surface area (Å²) in [6, 6.07) is 1.02. The minimum absolute atomic E-state index is 0.972. The van der Waals surface area contributed by atoms with Crippen molar-refractivity contribution in [1.29, 1.82) is 0 Å². The van der Waals surface area contributed by atoms with Crippen LogP contribution >= 0.6 is 0 Å². The van der Waals surface area contributed by atoms with E-state index in [9.17, 15) is 0 Å². The van der Waals surface area contributed by atoms with Gasteiger partial charge in [-0.15, -0.1) is 0 Å². The first-order valence-electron chi connectivity index (χ1n) is 8.13. The lowest BCUT2D eigenvalue weighted by molar-refractivity contribution is -0.912. The summed E-state index contributed by atoms with van der Waals surface area (Å²) >= 11 is 0. The van der Waals surface area contributed by atoms with Gasteiger partial charge in [0.25, 0.3) is 0 Å². The molecular weight excluding hydrogens is 238 g/mol. The van der Waals surface area contributed by atoms with Crippen LogP contribution < -0.4 is 10.0 Å². The Kier molecular flexibility index (Phi) is 12.1. The van der Waals surface area contributed by atoms with E-state index in [4.69, 9.17) is 9.90 Å². The van der Waals surface area contributed by atoms with E-state index in [1.54, 1.807) is 0 Å². The largest absolute Gasteiger partial charge is 0.550 e. The summed E-state index contributed by atoms with van der Waals surface area (Å²) in [4.78, 5) is 10.8. The van der Waals surface area contributed by atoms with Crippen molar-refractivity contribution in [1.82, 2.24) is 0 Å². The average Bonchev–Trinajstić information content (AvgIpc) is 2.79. The van der Waals surface area contributed by atoms with Crippen LogP contribution in [0.2, 0.25) is 0 Å². The first-order valence-corrected chi connectivity index (χ1v) is 8.13. The topological polar surface area (TPSA) is 44.6 Å². The summed E-state index contributed by atoms with van der Waals surface area (Å²) in [5.41, 5.74) is 0. The summed E-state index contributed by atoms with van der Waals surface area (Å²) in [5.74, 6) is -1.08. The van der Waals surface area contributed by atoms with Gasteiger partial charge in [0, 0.05) is 18.8 Å². The van der Waals surface area contributed by atoms with E-state index in [1.165, 1.54) is 70.9 Å². The van der Waals surface area contributed by atoms with Crippen LogP contribution in [0.15, 0.2) is 0 Å². The van der Waals surface area contributed by atoms with Gasteiger partial charge in [-0.25, -0.2) is 0 Å². The van der Waals surface area contributed by atoms with E-state index >= 15 is 0 Å². The number of hydrogen-bond donors (Lipinski definition) is 1. The second-order valence-corrected chi connectivity index (χ2v) is 5.69. The van der Waals surface area contributed by atoms with E-state index in [2.05, 4.69) is 13.8 Å². The van der Waals surface area contributed by atoms with E-state index in [0.717, 1.165) is 13.0 Å². The summed E-state index contributed by atoms with van der Waals surface area (Å²) in [6.45, 7) is 8.50. The van der Waals surface area contributed by atoms with Crippen LogP contribution in [0, 0.1) is 0 Å². The lowest BCUT2D eigenvalue weighted by atomic mass is 10.1. The molecule has 1 aliphatic heterocycles. The molecule has 0 saturated carbocycles. The number of rotatable bonds is 8. The summed E-state index contributed by atoms with van der Waals surface area (Å²) in [7, 11) is 0. The second-order valence-electron chi connectivity index (χ2n) is 5.69. The number of quaternary nitrogens is 1. The summed E-state index contributed by atoms with van der Waals surface area (Å²) < 4.78 is 0. The second kappa shape index (κ2) is 12.5. The Morgan fingerprint density at radius 3 is 2.37 bits per heavy atom. The number of likely N-dealkylation sites (tertiary alicyclic amines) is 1. The third-order valence-corrected chi connectivity index (χ3v) is 3.89. The van der Waals surface area contributed by atoms with Crippen molar-refractivity contribution in [3.8, 4) is 0 Å². The SMILES string of the molecule is CC(=O)[O-].CCCCCC[NH+]1CCCC1CCCC. The zero-order valence-corrected chi connectivity index (χ0v) is 13.2. The summed E-state index contributed by atoms with van der Waals surface area (Å²) in [6.07, 6.45) is 13.0. The van der Waals surface area contributed by atoms with Crippen molar-refractivity contribution in [3.05, 3.63) is 0 Å². The molecule has 19 heavy (non-hydrogen) atoms. The van der Waals surface area contributed by atoms with E-state index in [1.807, 2.05) is 4.90 Å². The zero-order chi connectivity index (χ0) is 14.5. The lowest BCUT2D eigenvalue weighted by Gasteiger charge is -2.21. The normalized spacial score (nSPS) is 21.8. The first kappa shape index (κ1) is 18.4. The van der Waals surface area contributed by atoms with Gasteiger partial charge < -0.3 is 14.8 Å². The molecule has 1 aliphatic rings. The Bertz CT molecular complexity index is 215. The Morgan fingerprint density at radius 1 is 1.16 bits per heavy atom. The first-order chi connectivity index (χ1) is 9.11. The van der Waals surface area contributed by atoms with Gasteiger partial charge in [-0.3, -0.25) is 0 Å². The Hall–Kier alpha value is -0.570. The maximum absolute atomic E-state index is 8.89. The molecular formula is C16H33NO2. The number of carbonyl (C=O) groups is 1. The smallest absolute Gasteiger partial charge is 0.0876 e. The number of hydrogen-bond acceptors (Lipinski definition) is 2. The number of carbonyl (C=O) groups excluding carboxylic acids is 1. The van der Waals surface area contributed by atoms with Crippen LogP contribution in [0.25, 0.3) is 0 Å². The highest BCUT2D eigenvalue weighted by molar-refractivity contribution is 5.60. The van der Waals surface area contributed by atoms with Crippen LogP contribution in [0.4, 0.5) is 0 Å². The van der Waals surface area contributed by atoms with Gasteiger partial charge in [-0.2, -0.15) is 0 Å². The number of nitrogens with one attached hydrogen (secondary N) is 1. The molecule has 3 heteroatoms. The molecule has 1 heterocycles. The van der Waals surface area contributed by atoms with Gasteiger partial charge in [0.05, 0.1) is 19.1 Å². The minimum Gasteiger partial charge on any atom is -0.550 e. The third kappa shape index (κ3) is 11.0. The number of carboxylic acids is 1. The van der Waals surface area contributed by atoms with Crippen LogP contribution in [0.3, 0.4) is 0 Å². The minimum atomic E-state index is -1.08. The Balaban J connectivity index is 0.000000711. The van der Waals surface area contributed by atoms with Gasteiger partial charge in [0.1, 0.15) is 0 Å². The van der Waals surface area contributed by atoms with Crippen LogP contribution in [0.5, 0.6) is 0 Å². The number of aliphatic carboxylic acids is 1. The van der Waals surface area contributed by atoms with Crippen molar-refractivity contribution in [2.45, 2.75) is 84.6 Å². The van der Waals surface area contributed by atoms with Crippen molar-refractivity contribution in [2.24, 2.45) is 0 Å². The molecule has 0 bridgehead atoms. The fourth-order valence-corrected chi connectivity index (χ4v) is 2.89. The lowest BCUT2D eigenvalue weighted by Crippen LogP contribution is -3.13. The molecule has 2 unspecified atom stereocenters. The fraction of sp³-hybridized carbons (Fsp3) is 0.938. The van der Waals surface area contributed by atoms with Crippen molar-refractivity contribution >= 4 is 5.97 Å². The molecule has 0 spiro atoms. The Morgan fingerprint density at radius 2 is 1.79 bits per heavy atom. The maximum Gasteiger partial charge on any atom is 0.0876 e. The van der Waals surface area contributed by atoms with Gasteiger partial charge in [-0.05, 0) is 32.6 Å². The fourth-order valence-electron chi connectivity index (χ4n) is 2.89. The third-order valence-electron chi connectivity index (χ3n) is 3.89. The van der Waals surface area contributed by atoms with Crippen molar-refractivity contribution < 1.29 is 14.8 Å².